The Balaban J connectivity index is 1.80. The Bertz CT molecular complexity index is 980. The number of carbonyl (C=O) groups excluding carboxylic acids is 1. The molecule has 0 bridgehead atoms. The van der Waals surface area contributed by atoms with Crippen LogP contribution in [0.25, 0.3) is 0 Å². The number of benzene rings is 3. The predicted molar refractivity (Wildman–Crippen MR) is 122 cm³/mol. The lowest BCUT2D eigenvalue weighted by Crippen LogP contribution is -2.34. The van der Waals surface area contributed by atoms with E-state index in [0.717, 1.165) is 34.6 Å². The normalized spacial score (nSPS) is 17.5. The van der Waals surface area contributed by atoms with Gasteiger partial charge in [0.25, 0.3) is 0 Å². The molecule has 3 aromatic rings. The second-order valence-electron chi connectivity index (χ2n) is 7.94. The van der Waals surface area contributed by atoms with Gasteiger partial charge < -0.3 is 18.9 Å². The minimum atomic E-state index is -0.858. The molecule has 166 valence electrons. The highest BCUT2D eigenvalue weighted by Crippen LogP contribution is 2.46. The smallest absolute Gasteiger partial charge is 0.309 e. The number of esters is 1. The van der Waals surface area contributed by atoms with Gasteiger partial charge in [-0.25, -0.2) is 0 Å². The van der Waals surface area contributed by atoms with Crippen molar-refractivity contribution in [3.05, 3.63) is 95.6 Å². The molecule has 1 aliphatic rings. The fourth-order valence-corrected chi connectivity index (χ4v) is 4.18. The van der Waals surface area contributed by atoms with Crippen LogP contribution in [0.5, 0.6) is 11.5 Å². The minimum absolute atomic E-state index is 0.0970. The monoisotopic (exact) mass is 432 g/mol. The first-order valence-corrected chi connectivity index (χ1v) is 10.7. The Morgan fingerprint density at radius 3 is 1.75 bits per heavy atom. The summed E-state index contributed by atoms with van der Waals surface area (Å²) < 4.78 is 22.5. The van der Waals surface area contributed by atoms with E-state index >= 15 is 0 Å². The van der Waals surface area contributed by atoms with Gasteiger partial charge in [-0.2, -0.15) is 0 Å². The van der Waals surface area contributed by atoms with E-state index in [-0.39, 0.29) is 17.8 Å². The standard InChI is InChI=1S/C27H28O5/c1-29-23-13-9-21(10-14-23)27(20-7-5-4-6-8-20,22-11-15-24(30-2)16-12-22)32-18-19-17-25(19)26(28)31-3/h4-16,19,25H,17-18H2,1-3H3. The van der Waals surface area contributed by atoms with Crippen LogP contribution in [0.2, 0.25) is 0 Å². The van der Waals surface area contributed by atoms with Crippen molar-refractivity contribution in [2.45, 2.75) is 12.0 Å². The second-order valence-corrected chi connectivity index (χ2v) is 7.94. The molecule has 0 aliphatic heterocycles. The molecule has 32 heavy (non-hydrogen) atoms. The Hall–Kier alpha value is -3.31. The Morgan fingerprint density at radius 2 is 1.28 bits per heavy atom. The number of hydrogen-bond acceptors (Lipinski definition) is 5. The highest BCUT2D eigenvalue weighted by molar-refractivity contribution is 5.75. The summed E-state index contributed by atoms with van der Waals surface area (Å²) in [7, 11) is 4.74. The van der Waals surface area contributed by atoms with Crippen molar-refractivity contribution in [1.29, 1.82) is 0 Å². The molecule has 0 spiro atoms. The third-order valence-electron chi connectivity index (χ3n) is 6.11. The minimum Gasteiger partial charge on any atom is -0.497 e. The molecular formula is C27H28O5. The van der Waals surface area contributed by atoms with Gasteiger partial charge in [0, 0.05) is 0 Å². The van der Waals surface area contributed by atoms with E-state index in [2.05, 4.69) is 12.1 Å². The molecule has 0 radical (unpaired) electrons. The van der Waals surface area contributed by atoms with Crippen LogP contribution in [0.4, 0.5) is 0 Å². The van der Waals surface area contributed by atoms with Crippen molar-refractivity contribution in [3.63, 3.8) is 0 Å². The molecular weight excluding hydrogens is 404 g/mol. The zero-order valence-electron chi connectivity index (χ0n) is 18.6. The molecule has 2 atom stereocenters. The molecule has 0 amide bonds. The number of carbonyl (C=O) groups is 1. The lowest BCUT2D eigenvalue weighted by molar-refractivity contribution is -0.142. The van der Waals surface area contributed by atoms with Gasteiger partial charge in [0.05, 0.1) is 33.9 Å². The number of methoxy groups -OCH3 is 3. The van der Waals surface area contributed by atoms with Crippen molar-refractivity contribution in [1.82, 2.24) is 0 Å². The molecule has 0 N–H and O–H groups in total. The summed E-state index contributed by atoms with van der Waals surface area (Å²) in [5, 5.41) is 0. The lowest BCUT2D eigenvalue weighted by Gasteiger charge is -2.36. The summed E-state index contributed by atoms with van der Waals surface area (Å²) >= 11 is 0. The van der Waals surface area contributed by atoms with Crippen molar-refractivity contribution in [2.75, 3.05) is 27.9 Å². The lowest BCUT2D eigenvalue weighted by atomic mass is 9.80. The van der Waals surface area contributed by atoms with Crippen molar-refractivity contribution in [3.8, 4) is 11.5 Å². The average Bonchev–Trinajstić information content (AvgIpc) is 3.65. The van der Waals surface area contributed by atoms with E-state index < -0.39 is 5.60 Å². The molecule has 1 aliphatic carbocycles. The first kappa shape index (κ1) is 21.9. The van der Waals surface area contributed by atoms with Gasteiger partial charge in [0.2, 0.25) is 0 Å². The van der Waals surface area contributed by atoms with Crippen LogP contribution in [0, 0.1) is 11.8 Å². The first-order chi connectivity index (χ1) is 15.6. The molecule has 3 aromatic carbocycles. The maximum absolute atomic E-state index is 12.0. The summed E-state index contributed by atoms with van der Waals surface area (Å²) in [4.78, 5) is 12.0. The second kappa shape index (κ2) is 9.45. The molecule has 0 aromatic heterocycles. The molecule has 1 fully saturated rings. The van der Waals surface area contributed by atoms with Crippen LogP contribution in [0.15, 0.2) is 78.9 Å². The summed E-state index contributed by atoms with van der Waals surface area (Å²) in [6.07, 6.45) is 0.781. The topological polar surface area (TPSA) is 54.0 Å². The summed E-state index contributed by atoms with van der Waals surface area (Å²) in [5.74, 6) is 1.43. The van der Waals surface area contributed by atoms with Crippen molar-refractivity contribution in [2.24, 2.45) is 11.8 Å². The third-order valence-corrected chi connectivity index (χ3v) is 6.11. The van der Waals surface area contributed by atoms with Gasteiger partial charge in [0.1, 0.15) is 17.1 Å². The molecule has 0 saturated heterocycles. The fraction of sp³-hybridized carbons (Fsp3) is 0.296. The first-order valence-electron chi connectivity index (χ1n) is 10.7. The Morgan fingerprint density at radius 1 is 0.781 bits per heavy atom. The van der Waals surface area contributed by atoms with Gasteiger partial charge in [-0.1, -0.05) is 54.6 Å². The van der Waals surface area contributed by atoms with Gasteiger partial charge >= 0.3 is 5.97 Å². The molecule has 1 saturated carbocycles. The third kappa shape index (κ3) is 4.21. The molecule has 4 rings (SSSR count). The maximum atomic E-state index is 12.0. The zero-order valence-corrected chi connectivity index (χ0v) is 18.6. The largest absolute Gasteiger partial charge is 0.497 e. The van der Waals surface area contributed by atoms with Gasteiger partial charge in [-0.15, -0.1) is 0 Å². The zero-order chi connectivity index (χ0) is 22.6. The summed E-state index contributed by atoms with van der Waals surface area (Å²) in [6.45, 7) is 0.437. The number of hydrogen-bond donors (Lipinski definition) is 0. The summed E-state index contributed by atoms with van der Waals surface area (Å²) in [6, 6.07) is 26.0. The maximum Gasteiger partial charge on any atom is 0.309 e. The quantitative estimate of drug-likeness (QED) is 0.358. The van der Waals surface area contributed by atoms with Gasteiger partial charge in [-0.05, 0) is 53.3 Å². The molecule has 2 unspecified atom stereocenters. The van der Waals surface area contributed by atoms with Crippen molar-refractivity contribution >= 4 is 5.97 Å². The van der Waals surface area contributed by atoms with Crippen LogP contribution in [0.3, 0.4) is 0 Å². The van der Waals surface area contributed by atoms with E-state index in [0.29, 0.717) is 6.61 Å². The van der Waals surface area contributed by atoms with Crippen LogP contribution >= 0.6 is 0 Å². The molecule has 0 heterocycles. The number of rotatable bonds is 9. The summed E-state index contributed by atoms with van der Waals surface area (Å²) in [5.41, 5.74) is 2.10. The van der Waals surface area contributed by atoms with E-state index in [1.54, 1.807) is 14.2 Å². The molecule has 5 heteroatoms. The van der Waals surface area contributed by atoms with Gasteiger partial charge in [-0.3, -0.25) is 4.79 Å². The fourth-order valence-electron chi connectivity index (χ4n) is 4.18. The SMILES string of the molecule is COC(=O)C1CC1COC(c1ccccc1)(c1ccc(OC)cc1)c1ccc(OC)cc1. The van der Waals surface area contributed by atoms with E-state index in [9.17, 15) is 4.79 Å². The highest BCUT2D eigenvalue weighted by atomic mass is 16.5. The van der Waals surface area contributed by atoms with Crippen LogP contribution < -0.4 is 9.47 Å². The average molecular weight is 433 g/mol. The Kier molecular flexibility index (Phi) is 6.47. The van der Waals surface area contributed by atoms with E-state index in [4.69, 9.17) is 18.9 Å². The van der Waals surface area contributed by atoms with E-state index in [1.165, 1.54) is 7.11 Å². The van der Waals surface area contributed by atoms with Crippen LogP contribution in [0.1, 0.15) is 23.1 Å². The van der Waals surface area contributed by atoms with Crippen molar-refractivity contribution < 1.29 is 23.7 Å². The van der Waals surface area contributed by atoms with Gasteiger partial charge in [0.15, 0.2) is 0 Å². The van der Waals surface area contributed by atoms with E-state index in [1.807, 2.05) is 66.7 Å². The van der Waals surface area contributed by atoms with Crippen LogP contribution in [-0.4, -0.2) is 33.9 Å². The highest BCUT2D eigenvalue weighted by Gasteiger charge is 2.47. The number of ether oxygens (including phenoxy) is 4. The Labute approximate surface area is 188 Å². The molecule has 5 nitrogen and oxygen atoms in total. The predicted octanol–water partition coefficient (Wildman–Crippen LogP) is 4.82. The van der Waals surface area contributed by atoms with Crippen LogP contribution in [-0.2, 0) is 19.9 Å².